The van der Waals surface area contributed by atoms with Gasteiger partial charge in [-0.2, -0.15) is 0 Å². The maximum Gasteiger partial charge on any atom is 0.184 e. The number of benzene rings is 1. The van der Waals surface area contributed by atoms with E-state index in [1.54, 1.807) is 7.11 Å². The number of hydrogen-bond donors (Lipinski definition) is 0. The summed E-state index contributed by atoms with van der Waals surface area (Å²) < 4.78 is 24.5. The topological polar surface area (TPSA) is 54.0 Å². The molecule has 5 rings (SSSR count). The summed E-state index contributed by atoms with van der Waals surface area (Å²) in [7, 11) is 1.67. The zero-order chi connectivity index (χ0) is 18.8. The van der Waals surface area contributed by atoms with Crippen LogP contribution in [0.3, 0.4) is 0 Å². The van der Waals surface area contributed by atoms with Gasteiger partial charge in [-0.25, -0.2) is 0 Å². The van der Waals surface area contributed by atoms with Gasteiger partial charge in [0, 0.05) is 36.3 Å². The van der Waals surface area contributed by atoms with E-state index < -0.39 is 6.29 Å². The Morgan fingerprint density at radius 3 is 2.74 bits per heavy atom. The molecule has 4 aliphatic rings. The Hall–Kier alpha value is -1.53. The van der Waals surface area contributed by atoms with Gasteiger partial charge in [0.25, 0.3) is 0 Å². The van der Waals surface area contributed by atoms with E-state index in [1.807, 2.05) is 37.3 Å². The van der Waals surface area contributed by atoms with Gasteiger partial charge in [0.15, 0.2) is 12.6 Å². The van der Waals surface area contributed by atoms with Crippen LogP contribution in [0.1, 0.15) is 31.6 Å². The minimum atomic E-state index is -0.439. The number of ketones is 1. The van der Waals surface area contributed by atoms with Gasteiger partial charge in [-0.3, -0.25) is 4.79 Å². The van der Waals surface area contributed by atoms with E-state index in [2.05, 4.69) is 6.58 Å². The van der Waals surface area contributed by atoms with Crippen molar-refractivity contribution in [1.82, 2.24) is 0 Å². The van der Waals surface area contributed by atoms with E-state index >= 15 is 0 Å². The molecule has 2 aliphatic heterocycles. The minimum absolute atomic E-state index is 0.0274. The highest BCUT2D eigenvalue weighted by atomic mass is 16.7. The van der Waals surface area contributed by atoms with E-state index in [0.717, 1.165) is 17.6 Å². The summed E-state index contributed by atoms with van der Waals surface area (Å²) >= 11 is 0. The summed E-state index contributed by atoms with van der Waals surface area (Å²) in [4.78, 5) is 12.8. The third kappa shape index (κ3) is 2.35. The zero-order valence-corrected chi connectivity index (χ0v) is 15.8. The van der Waals surface area contributed by atoms with Crippen molar-refractivity contribution in [3.8, 4) is 0 Å². The normalized spacial score (nSPS) is 46.1. The number of rotatable bonds is 2. The molecule has 0 bridgehead atoms. The van der Waals surface area contributed by atoms with Crippen molar-refractivity contribution in [2.75, 3.05) is 13.7 Å². The number of hydrogen-bond acceptors (Lipinski definition) is 5. The predicted octanol–water partition coefficient (Wildman–Crippen LogP) is 3.26. The van der Waals surface area contributed by atoms with Gasteiger partial charge in [0.05, 0.1) is 12.7 Å². The van der Waals surface area contributed by atoms with Crippen LogP contribution in [0.4, 0.5) is 0 Å². The highest BCUT2D eigenvalue weighted by Crippen LogP contribution is 2.67. The summed E-state index contributed by atoms with van der Waals surface area (Å²) in [5.41, 5.74) is 1.81. The third-order valence-electron chi connectivity index (χ3n) is 7.17. The molecule has 2 saturated carbocycles. The first-order valence-electron chi connectivity index (χ1n) is 9.77. The molecule has 1 aromatic carbocycles. The van der Waals surface area contributed by atoms with Crippen LogP contribution >= 0.6 is 0 Å². The van der Waals surface area contributed by atoms with Crippen LogP contribution in [0.5, 0.6) is 0 Å². The maximum absolute atomic E-state index is 12.8. The van der Waals surface area contributed by atoms with E-state index in [-0.39, 0.29) is 41.7 Å². The molecule has 0 N–H and O–H groups in total. The van der Waals surface area contributed by atoms with Crippen molar-refractivity contribution in [1.29, 1.82) is 0 Å². The van der Waals surface area contributed by atoms with E-state index in [1.165, 1.54) is 0 Å². The van der Waals surface area contributed by atoms with Crippen molar-refractivity contribution in [3.05, 3.63) is 48.0 Å². The first kappa shape index (κ1) is 17.6. The number of ether oxygens (including phenoxy) is 4. The fourth-order valence-corrected chi connectivity index (χ4v) is 6.14. The molecular weight excluding hydrogens is 344 g/mol. The molecular formula is C22H26O5. The van der Waals surface area contributed by atoms with Gasteiger partial charge in [0.2, 0.25) is 0 Å². The molecule has 1 aromatic rings. The van der Waals surface area contributed by atoms with Crippen LogP contribution < -0.4 is 0 Å². The molecule has 27 heavy (non-hydrogen) atoms. The molecule has 144 valence electrons. The highest BCUT2D eigenvalue weighted by molar-refractivity contribution is 5.85. The molecule has 0 aromatic heterocycles. The fraction of sp³-hybridized carbons (Fsp3) is 0.591. The SMILES string of the molecule is C=C1C[C@H]2[C@@H](OC)O[C@@H]3CO[C@@H](c4ccccc4)O[C@H]3[C@]23CC(=O)C(C)C13. The Morgan fingerprint density at radius 2 is 2.00 bits per heavy atom. The second-order valence-electron chi connectivity index (χ2n) is 8.40. The molecule has 4 fully saturated rings. The minimum Gasteiger partial charge on any atom is -0.356 e. The lowest BCUT2D eigenvalue weighted by Crippen LogP contribution is -2.62. The van der Waals surface area contributed by atoms with Crippen LogP contribution in [-0.4, -0.2) is 38.0 Å². The van der Waals surface area contributed by atoms with Crippen LogP contribution in [0.25, 0.3) is 0 Å². The number of allylic oxidation sites excluding steroid dienone is 1. The molecule has 2 aliphatic carbocycles. The Bertz CT molecular complexity index is 761. The van der Waals surface area contributed by atoms with Crippen LogP contribution in [0, 0.1) is 23.2 Å². The summed E-state index contributed by atoms with van der Waals surface area (Å²) in [5, 5.41) is 0. The second-order valence-corrected chi connectivity index (χ2v) is 8.40. The lowest BCUT2D eigenvalue weighted by Gasteiger charge is -2.54. The van der Waals surface area contributed by atoms with Gasteiger partial charge < -0.3 is 18.9 Å². The standard InChI is InChI=1S/C22H26O5/c1-12-9-15-21(24-3)26-17-11-25-20(14-7-5-4-6-8-14)27-19(17)22(15)10-16(23)13(2)18(12)22/h4-8,13,15,17-21H,1,9-11H2,2-3H3/t13?,15-,17+,18?,19+,20+,21-,22+/m0/s1. The van der Waals surface area contributed by atoms with Crippen molar-refractivity contribution in [2.24, 2.45) is 23.2 Å². The van der Waals surface area contributed by atoms with E-state index in [4.69, 9.17) is 18.9 Å². The first-order valence-corrected chi connectivity index (χ1v) is 9.77. The smallest absolute Gasteiger partial charge is 0.184 e. The van der Waals surface area contributed by atoms with E-state index in [9.17, 15) is 4.79 Å². The summed E-state index contributed by atoms with van der Waals surface area (Å²) in [6, 6.07) is 9.96. The number of carbonyl (C=O) groups is 1. The average Bonchev–Trinajstić information content (AvgIpc) is 3.13. The maximum atomic E-state index is 12.8. The summed E-state index contributed by atoms with van der Waals surface area (Å²) in [6.45, 7) is 6.80. The molecule has 5 heteroatoms. The Kier molecular flexibility index (Phi) is 4.06. The number of fused-ring (bicyclic) bond motifs is 1. The van der Waals surface area contributed by atoms with Gasteiger partial charge in [-0.15, -0.1) is 0 Å². The Labute approximate surface area is 159 Å². The fourth-order valence-electron chi connectivity index (χ4n) is 6.14. The molecule has 1 spiro atoms. The van der Waals surface area contributed by atoms with Crippen LogP contribution in [0.2, 0.25) is 0 Å². The predicted molar refractivity (Wildman–Crippen MR) is 97.6 cm³/mol. The first-order chi connectivity index (χ1) is 13.1. The molecule has 5 nitrogen and oxygen atoms in total. The quantitative estimate of drug-likeness (QED) is 0.748. The summed E-state index contributed by atoms with van der Waals surface area (Å²) in [5.74, 6) is 0.483. The van der Waals surface area contributed by atoms with E-state index in [0.29, 0.717) is 18.8 Å². The van der Waals surface area contributed by atoms with Gasteiger partial charge >= 0.3 is 0 Å². The molecule has 0 radical (unpaired) electrons. The largest absolute Gasteiger partial charge is 0.356 e. The van der Waals surface area contributed by atoms with Gasteiger partial charge in [-0.05, 0) is 12.3 Å². The van der Waals surface area contributed by atoms with Crippen molar-refractivity contribution >= 4 is 5.78 Å². The number of methoxy groups -OCH3 is 1. The van der Waals surface area contributed by atoms with Crippen molar-refractivity contribution < 1.29 is 23.7 Å². The molecule has 0 amide bonds. The number of carbonyl (C=O) groups excluding carboxylic acids is 1. The van der Waals surface area contributed by atoms with Crippen LogP contribution in [0.15, 0.2) is 42.5 Å². The Balaban J connectivity index is 1.56. The summed E-state index contributed by atoms with van der Waals surface area (Å²) in [6.07, 6.45) is 0.0968. The van der Waals surface area contributed by atoms with Crippen molar-refractivity contribution in [3.63, 3.8) is 0 Å². The monoisotopic (exact) mass is 370 g/mol. The van der Waals surface area contributed by atoms with Gasteiger partial charge in [-0.1, -0.05) is 49.4 Å². The lowest BCUT2D eigenvalue weighted by molar-refractivity contribution is -0.362. The second kappa shape index (κ2) is 6.24. The molecule has 2 heterocycles. The average molecular weight is 370 g/mol. The van der Waals surface area contributed by atoms with Gasteiger partial charge in [0.1, 0.15) is 11.9 Å². The third-order valence-corrected chi connectivity index (χ3v) is 7.17. The lowest BCUT2D eigenvalue weighted by atomic mass is 9.64. The number of Topliss-reactive ketones (excluding diaryl/α,β-unsaturated/α-hetero) is 1. The molecule has 8 atom stereocenters. The van der Waals surface area contributed by atoms with Crippen LogP contribution in [-0.2, 0) is 23.7 Å². The zero-order valence-electron chi connectivity index (χ0n) is 15.8. The molecule has 2 saturated heterocycles. The highest BCUT2D eigenvalue weighted by Gasteiger charge is 2.70. The molecule has 2 unspecified atom stereocenters. The Morgan fingerprint density at radius 1 is 1.22 bits per heavy atom. The van der Waals surface area contributed by atoms with Crippen molar-refractivity contribution in [2.45, 2.75) is 44.6 Å².